The number of sulfonamides is 1. The second-order valence-corrected chi connectivity index (χ2v) is 8.99. The average molecular weight is 381 g/mol. The molecular formula is C19H28N2O4S. The molecular weight excluding hydrogens is 352 g/mol. The zero-order valence-electron chi connectivity index (χ0n) is 15.2. The number of piperidine rings is 1. The Bertz CT molecular complexity index is 691. The minimum atomic E-state index is -3.40. The zero-order chi connectivity index (χ0) is 18.4. The van der Waals surface area contributed by atoms with Crippen LogP contribution < -0.4 is 10.1 Å². The van der Waals surface area contributed by atoms with Crippen molar-refractivity contribution in [3.63, 3.8) is 0 Å². The number of hydrogen-bond acceptors (Lipinski definition) is 4. The Balaban J connectivity index is 1.46. The summed E-state index contributed by atoms with van der Waals surface area (Å²) < 4.78 is 32.4. The maximum Gasteiger partial charge on any atom is 0.243 e. The normalized spacial score (nSPS) is 19.4. The van der Waals surface area contributed by atoms with Gasteiger partial charge in [0.1, 0.15) is 12.4 Å². The van der Waals surface area contributed by atoms with Gasteiger partial charge in [0.15, 0.2) is 0 Å². The van der Waals surface area contributed by atoms with Crippen molar-refractivity contribution in [1.29, 1.82) is 0 Å². The quantitative estimate of drug-likeness (QED) is 0.738. The van der Waals surface area contributed by atoms with Crippen molar-refractivity contribution < 1.29 is 17.9 Å². The second kappa shape index (κ2) is 8.86. The van der Waals surface area contributed by atoms with Gasteiger partial charge >= 0.3 is 0 Å². The van der Waals surface area contributed by atoms with Gasteiger partial charge in [0, 0.05) is 19.0 Å². The fraction of sp³-hybridized carbons (Fsp3) is 0.632. The highest BCUT2D eigenvalue weighted by molar-refractivity contribution is 7.89. The molecule has 1 saturated heterocycles. The van der Waals surface area contributed by atoms with E-state index in [1.807, 2.05) is 0 Å². The van der Waals surface area contributed by atoms with Crippen LogP contribution in [0.1, 0.15) is 44.9 Å². The Morgan fingerprint density at radius 2 is 1.69 bits per heavy atom. The largest absolute Gasteiger partial charge is 0.492 e. The van der Waals surface area contributed by atoms with E-state index in [9.17, 15) is 13.2 Å². The van der Waals surface area contributed by atoms with Crippen LogP contribution in [0.4, 0.5) is 0 Å². The summed E-state index contributed by atoms with van der Waals surface area (Å²) >= 11 is 0. The molecule has 7 heteroatoms. The van der Waals surface area contributed by atoms with Crippen LogP contribution in [-0.4, -0.2) is 44.9 Å². The van der Waals surface area contributed by atoms with E-state index >= 15 is 0 Å². The third kappa shape index (κ3) is 4.76. The van der Waals surface area contributed by atoms with E-state index in [0.717, 1.165) is 44.9 Å². The first-order valence-electron chi connectivity index (χ1n) is 9.58. The van der Waals surface area contributed by atoms with Gasteiger partial charge in [-0.2, -0.15) is 4.31 Å². The number of amides is 1. The summed E-state index contributed by atoms with van der Waals surface area (Å²) in [6.07, 6.45) is 7.19. The van der Waals surface area contributed by atoms with Crippen molar-refractivity contribution in [2.24, 2.45) is 5.92 Å². The zero-order valence-corrected chi connectivity index (χ0v) is 16.0. The van der Waals surface area contributed by atoms with E-state index in [-0.39, 0.29) is 11.8 Å². The third-order valence-electron chi connectivity index (χ3n) is 5.17. The predicted octanol–water partition coefficient (Wildman–Crippen LogP) is 2.55. The highest BCUT2D eigenvalue weighted by Gasteiger charge is 2.25. The SMILES string of the molecule is O=C(NCCOc1ccc(S(=O)(=O)N2CCCCC2)cc1)C1CCCC1. The molecule has 144 valence electrons. The van der Waals surface area contributed by atoms with E-state index in [0.29, 0.717) is 36.9 Å². The highest BCUT2D eigenvalue weighted by atomic mass is 32.2. The summed E-state index contributed by atoms with van der Waals surface area (Å²) in [6.45, 7) is 2.03. The smallest absolute Gasteiger partial charge is 0.243 e. The van der Waals surface area contributed by atoms with E-state index in [4.69, 9.17) is 4.74 Å². The average Bonchev–Trinajstić information content (AvgIpc) is 3.21. The Morgan fingerprint density at radius 1 is 1.04 bits per heavy atom. The first-order valence-corrected chi connectivity index (χ1v) is 11.0. The number of carbonyl (C=O) groups is 1. The first-order chi connectivity index (χ1) is 12.6. The molecule has 1 aliphatic carbocycles. The van der Waals surface area contributed by atoms with Crippen molar-refractivity contribution in [2.75, 3.05) is 26.2 Å². The van der Waals surface area contributed by atoms with Gasteiger partial charge in [-0.15, -0.1) is 0 Å². The molecule has 26 heavy (non-hydrogen) atoms. The van der Waals surface area contributed by atoms with Crippen LogP contribution in [0.5, 0.6) is 5.75 Å². The van der Waals surface area contributed by atoms with E-state index < -0.39 is 10.0 Å². The lowest BCUT2D eigenvalue weighted by Gasteiger charge is -2.25. The van der Waals surface area contributed by atoms with Gasteiger partial charge in [0.2, 0.25) is 15.9 Å². The summed E-state index contributed by atoms with van der Waals surface area (Å²) in [4.78, 5) is 12.2. The molecule has 0 spiro atoms. The standard InChI is InChI=1S/C19H28N2O4S/c22-19(16-6-2-3-7-16)20-12-15-25-17-8-10-18(11-9-17)26(23,24)21-13-4-1-5-14-21/h8-11,16H,1-7,12-15H2,(H,20,22). The summed E-state index contributed by atoms with van der Waals surface area (Å²) in [5.74, 6) is 0.890. The molecule has 1 aliphatic heterocycles. The molecule has 1 heterocycles. The van der Waals surface area contributed by atoms with Gasteiger partial charge in [-0.05, 0) is 49.9 Å². The second-order valence-electron chi connectivity index (χ2n) is 7.06. The number of ether oxygens (including phenoxy) is 1. The molecule has 6 nitrogen and oxygen atoms in total. The molecule has 0 atom stereocenters. The molecule has 0 radical (unpaired) electrons. The summed E-state index contributed by atoms with van der Waals surface area (Å²) in [7, 11) is -3.40. The van der Waals surface area contributed by atoms with Gasteiger partial charge in [-0.1, -0.05) is 19.3 Å². The monoisotopic (exact) mass is 380 g/mol. The predicted molar refractivity (Wildman–Crippen MR) is 99.5 cm³/mol. The van der Waals surface area contributed by atoms with Crippen molar-refractivity contribution in [1.82, 2.24) is 9.62 Å². The molecule has 1 amide bonds. The van der Waals surface area contributed by atoms with Crippen molar-refractivity contribution >= 4 is 15.9 Å². The van der Waals surface area contributed by atoms with Crippen molar-refractivity contribution in [2.45, 2.75) is 49.8 Å². The van der Waals surface area contributed by atoms with E-state index in [1.165, 1.54) is 0 Å². The number of rotatable bonds is 7. The molecule has 1 saturated carbocycles. The number of hydrogen-bond donors (Lipinski definition) is 1. The van der Waals surface area contributed by atoms with Gasteiger partial charge in [0.25, 0.3) is 0 Å². The molecule has 0 unspecified atom stereocenters. The maximum atomic E-state index is 12.6. The van der Waals surface area contributed by atoms with Crippen LogP contribution >= 0.6 is 0 Å². The topological polar surface area (TPSA) is 75.7 Å². The Kier molecular flexibility index (Phi) is 6.53. The Labute approximate surface area is 156 Å². The molecule has 0 bridgehead atoms. The molecule has 1 aromatic rings. The summed E-state index contributed by atoms with van der Waals surface area (Å²) in [5, 5.41) is 2.91. The molecule has 1 N–H and O–H groups in total. The minimum absolute atomic E-state index is 0.120. The minimum Gasteiger partial charge on any atom is -0.492 e. The number of nitrogens with zero attached hydrogens (tertiary/aromatic N) is 1. The highest BCUT2D eigenvalue weighted by Crippen LogP contribution is 2.25. The van der Waals surface area contributed by atoms with Gasteiger partial charge in [0.05, 0.1) is 11.4 Å². The van der Waals surface area contributed by atoms with Gasteiger partial charge in [-0.25, -0.2) is 8.42 Å². The van der Waals surface area contributed by atoms with E-state index in [2.05, 4.69) is 5.32 Å². The molecule has 2 aliphatic rings. The lowest BCUT2D eigenvalue weighted by atomic mass is 10.1. The van der Waals surface area contributed by atoms with Crippen LogP contribution in [0.3, 0.4) is 0 Å². The van der Waals surface area contributed by atoms with Crippen LogP contribution in [0.2, 0.25) is 0 Å². The lowest BCUT2D eigenvalue weighted by Crippen LogP contribution is -2.35. The van der Waals surface area contributed by atoms with Crippen LogP contribution in [-0.2, 0) is 14.8 Å². The van der Waals surface area contributed by atoms with Crippen molar-refractivity contribution in [3.8, 4) is 5.75 Å². The van der Waals surface area contributed by atoms with Crippen LogP contribution in [0.25, 0.3) is 0 Å². The van der Waals surface area contributed by atoms with Gasteiger partial charge in [-0.3, -0.25) is 4.79 Å². The lowest BCUT2D eigenvalue weighted by molar-refractivity contribution is -0.124. The van der Waals surface area contributed by atoms with Gasteiger partial charge < -0.3 is 10.1 Å². The fourth-order valence-corrected chi connectivity index (χ4v) is 5.15. The summed E-state index contributed by atoms with van der Waals surface area (Å²) in [5.41, 5.74) is 0. The molecule has 1 aromatic carbocycles. The molecule has 3 rings (SSSR count). The first kappa shape index (κ1) is 19.2. The van der Waals surface area contributed by atoms with Crippen LogP contribution in [0.15, 0.2) is 29.2 Å². The van der Waals surface area contributed by atoms with Crippen LogP contribution in [0, 0.1) is 5.92 Å². The number of carbonyl (C=O) groups excluding carboxylic acids is 1. The van der Waals surface area contributed by atoms with E-state index in [1.54, 1.807) is 28.6 Å². The maximum absolute atomic E-state index is 12.6. The number of nitrogens with one attached hydrogen (secondary N) is 1. The number of benzene rings is 1. The Morgan fingerprint density at radius 3 is 2.35 bits per heavy atom. The molecule has 0 aromatic heterocycles. The fourth-order valence-electron chi connectivity index (χ4n) is 3.64. The molecule has 2 fully saturated rings. The third-order valence-corrected chi connectivity index (χ3v) is 7.09. The summed E-state index contributed by atoms with van der Waals surface area (Å²) in [6, 6.07) is 6.54. The van der Waals surface area contributed by atoms with Crippen molar-refractivity contribution in [3.05, 3.63) is 24.3 Å². The Hall–Kier alpha value is -1.60.